The lowest BCUT2D eigenvalue weighted by molar-refractivity contribution is -0.386. The molecule has 0 bridgehead atoms. The van der Waals surface area contributed by atoms with E-state index in [-0.39, 0.29) is 16.8 Å². The van der Waals surface area contributed by atoms with Crippen LogP contribution in [-0.2, 0) is 6.61 Å². The lowest BCUT2D eigenvalue weighted by atomic mass is 10.2. The molecular weight excluding hydrogens is 336 g/mol. The second-order valence-corrected chi connectivity index (χ2v) is 4.66. The molecule has 0 aliphatic carbocycles. The number of nitrogens with zero attached hydrogens (tertiary/aromatic N) is 1. The third-order valence-corrected chi connectivity index (χ3v) is 3.42. The van der Waals surface area contributed by atoms with E-state index in [1.165, 1.54) is 18.2 Å². The zero-order valence-electron chi connectivity index (χ0n) is 9.98. The van der Waals surface area contributed by atoms with E-state index >= 15 is 0 Å². The number of halogens is 3. The number of rotatable bonds is 4. The topological polar surface area (TPSA) is 52.4 Å². The van der Waals surface area contributed by atoms with Crippen molar-refractivity contribution in [2.45, 2.75) is 6.61 Å². The molecule has 0 radical (unpaired) electrons. The van der Waals surface area contributed by atoms with Crippen LogP contribution in [0.4, 0.5) is 14.5 Å². The standard InChI is InChI=1S/C13H8BrF2NO3/c14-13-8(2-1-3-10(13)16)7-20-12-5-4-9(15)6-11(12)17(18)19/h1-6H,7H2. The number of ether oxygens (including phenoxy) is 1. The summed E-state index contributed by atoms with van der Waals surface area (Å²) in [6, 6.07) is 7.38. The highest BCUT2D eigenvalue weighted by Gasteiger charge is 2.17. The molecule has 0 saturated heterocycles. The molecule has 0 N–H and O–H groups in total. The summed E-state index contributed by atoms with van der Waals surface area (Å²) in [5.74, 6) is -1.26. The van der Waals surface area contributed by atoms with Crippen molar-refractivity contribution in [3.8, 4) is 5.75 Å². The van der Waals surface area contributed by atoms with Gasteiger partial charge in [0.15, 0.2) is 5.75 Å². The van der Waals surface area contributed by atoms with Gasteiger partial charge in [-0.05, 0) is 34.1 Å². The fourth-order valence-corrected chi connectivity index (χ4v) is 1.95. The first-order valence-electron chi connectivity index (χ1n) is 5.48. The van der Waals surface area contributed by atoms with Gasteiger partial charge in [-0.15, -0.1) is 0 Å². The van der Waals surface area contributed by atoms with Gasteiger partial charge in [-0.2, -0.15) is 0 Å². The lowest BCUT2D eigenvalue weighted by Gasteiger charge is -2.08. The maximum Gasteiger partial charge on any atom is 0.313 e. The molecule has 2 aromatic rings. The second-order valence-electron chi connectivity index (χ2n) is 3.87. The van der Waals surface area contributed by atoms with Crippen LogP contribution in [0.15, 0.2) is 40.9 Å². The summed E-state index contributed by atoms with van der Waals surface area (Å²) in [6.07, 6.45) is 0. The molecule has 0 unspecified atom stereocenters. The van der Waals surface area contributed by atoms with Crippen LogP contribution < -0.4 is 4.74 Å². The molecule has 2 rings (SSSR count). The quantitative estimate of drug-likeness (QED) is 0.617. The molecule has 4 nitrogen and oxygen atoms in total. The zero-order chi connectivity index (χ0) is 14.7. The van der Waals surface area contributed by atoms with Crippen LogP contribution in [0.1, 0.15) is 5.56 Å². The van der Waals surface area contributed by atoms with Crippen LogP contribution >= 0.6 is 15.9 Å². The highest BCUT2D eigenvalue weighted by Crippen LogP contribution is 2.29. The second kappa shape index (κ2) is 5.96. The number of nitro groups is 1. The van der Waals surface area contributed by atoms with Crippen molar-refractivity contribution in [3.05, 3.63) is 68.2 Å². The van der Waals surface area contributed by atoms with Gasteiger partial charge in [-0.3, -0.25) is 10.1 Å². The van der Waals surface area contributed by atoms with Gasteiger partial charge in [0.25, 0.3) is 0 Å². The number of hydrogen-bond donors (Lipinski definition) is 0. The molecule has 104 valence electrons. The zero-order valence-corrected chi connectivity index (χ0v) is 11.6. The number of hydrogen-bond acceptors (Lipinski definition) is 3. The molecule has 0 heterocycles. The molecule has 0 atom stereocenters. The van der Waals surface area contributed by atoms with Crippen LogP contribution in [0.5, 0.6) is 5.75 Å². The summed E-state index contributed by atoms with van der Waals surface area (Å²) in [5, 5.41) is 10.8. The van der Waals surface area contributed by atoms with Crippen molar-refractivity contribution in [2.24, 2.45) is 0 Å². The van der Waals surface area contributed by atoms with Crippen LogP contribution in [0.3, 0.4) is 0 Å². The molecule has 0 aliphatic heterocycles. The summed E-state index contributed by atoms with van der Waals surface area (Å²) in [6.45, 7) is -0.0786. The van der Waals surface area contributed by atoms with Gasteiger partial charge in [-0.1, -0.05) is 12.1 Å². The summed E-state index contributed by atoms with van der Waals surface area (Å²) in [5.41, 5.74) is 0.0150. The van der Waals surface area contributed by atoms with Gasteiger partial charge in [0.1, 0.15) is 18.2 Å². The molecule has 0 aromatic heterocycles. The Morgan fingerprint density at radius 1 is 1.25 bits per heavy atom. The van der Waals surface area contributed by atoms with E-state index < -0.39 is 22.2 Å². The van der Waals surface area contributed by atoms with E-state index in [2.05, 4.69) is 15.9 Å². The lowest BCUT2D eigenvalue weighted by Crippen LogP contribution is -2.01. The minimum absolute atomic E-state index is 0.0763. The average molecular weight is 344 g/mol. The third kappa shape index (κ3) is 3.11. The maximum atomic E-state index is 13.3. The van der Waals surface area contributed by atoms with Crippen molar-refractivity contribution >= 4 is 21.6 Å². The molecule has 0 spiro atoms. The monoisotopic (exact) mass is 343 g/mol. The Kier molecular flexibility index (Phi) is 4.29. The van der Waals surface area contributed by atoms with Crippen molar-refractivity contribution < 1.29 is 18.4 Å². The van der Waals surface area contributed by atoms with Gasteiger partial charge < -0.3 is 4.74 Å². The Labute approximate surface area is 121 Å². The van der Waals surface area contributed by atoms with E-state index in [1.807, 2.05) is 0 Å². The van der Waals surface area contributed by atoms with E-state index in [9.17, 15) is 18.9 Å². The van der Waals surface area contributed by atoms with E-state index in [1.54, 1.807) is 6.07 Å². The van der Waals surface area contributed by atoms with E-state index in [0.29, 0.717) is 5.56 Å². The van der Waals surface area contributed by atoms with Gasteiger partial charge in [0.05, 0.1) is 15.5 Å². The fraction of sp³-hybridized carbons (Fsp3) is 0.0769. The van der Waals surface area contributed by atoms with Crippen LogP contribution in [-0.4, -0.2) is 4.92 Å². The molecule has 0 saturated carbocycles. The first-order valence-corrected chi connectivity index (χ1v) is 6.28. The van der Waals surface area contributed by atoms with E-state index in [4.69, 9.17) is 4.74 Å². The molecule has 20 heavy (non-hydrogen) atoms. The van der Waals surface area contributed by atoms with Gasteiger partial charge >= 0.3 is 5.69 Å². The molecule has 0 aliphatic rings. The fourth-order valence-electron chi connectivity index (χ4n) is 1.57. The Bertz CT molecular complexity index is 664. The molecule has 0 fully saturated rings. The van der Waals surface area contributed by atoms with Crippen molar-refractivity contribution in [1.82, 2.24) is 0 Å². The molecular formula is C13H8BrF2NO3. The van der Waals surface area contributed by atoms with E-state index in [0.717, 1.165) is 12.1 Å². The number of benzene rings is 2. The largest absolute Gasteiger partial charge is 0.482 e. The van der Waals surface area contributed by atoms with Crippen molar-refractivity contribution in [3.63, 3.8) is 0 Å². The minimum atomic E-state index is -0.737. The molecule has 2 aromatic carbocycles. The average Bonchev–Trinajstić information content (AvgIpc) is 2.41. The first-order chi connectivity index (χ1) is 9.49. The highest BCUT2D eigenvalue weighted by atomic mass is 79.9. The first kappa shape index (κ1) is 14.4. The summed E-state index contributed by atoms with van der Waals surface area (Å²) in [7, 11) is 0. The van der Waals surface area contributed by atoms with Crippen LogP contribution in [0, 0.1) is 21.7 Å². The summed E-state index contributed by atoms with van der Waals surface area (Å²) in [4.78, 5) is 10.1. The van der Waals surface area contributed by atoms with Gasteiger partial charge in [0, 0.05) is 5.56 Å². The predicted octanol–water partition coefficient (Wildman–Crippen LogP) is 4.21. The normalized spacial score (nSPS) is 10.3. The Balaban J connectivity index is 2.23. The van der Waals surface area contributed by atoms with Crippen molar-refractivity contribution in [1.29, 1.82) is 0 Å². The number of nitro benzene ring substituents is 1. The Morgan fingerprint density at radius 3 is 2.70 bits per heavy atom. The molecule has 7 heteroatoms. The molecule has 0 amide bonds. The van der Waals surface area contributed by atoms with Crippen LogP contribution in [0.25, 0.3) is 0 Å². The van der Waals surface area contributed by atoms with Gasteiger partial charge in [-0.25, -0.2) is 8.78 Å². The maximum absolute atomic E-state index is 13.3. The highest BCUT2D eigenvalue weighted by molar-refractivity contribution is 9.10. The summed E-state index contributed by atoms with van der Waals surface area (Å²) < 4.78 is 31.8. The third-order valence-electron chi connectivity index (χ3n) is 2.53. The smallest absolute Gasteiger partial charge is 0.313 e. The SMILES string of the molecule is O=[N+]([O-])c1cc(F)ccc1OCc1cccc(F)c1Br. The van der Waals surface area contributed by atoms with Crippen molar-refractivity contribution in [2.75, 3.05) is 0 Å². The minimum Gasteiger partial charge on any atom is -0.482 e. The Morgan fingerprint density at radius 2 is 2.00 bits per heavy atom. The predicted molar refractivity (Wildman–Crippen MR) is 71.5 cm³/mol. The summed E-state index contributed by atoms with van der Waals surface area (Å²) >= 11 is 3.06. The Hall–Kier alpha value is -2.02. The van der Waals surface area contributed by atoms with Crippen LogP contribution in [0.2, 0.25) is 0 Å². The van der Waals surface area contributed by atoms with Gasteiger partial charge in [0.2, 0.25) is 0 Å².